The summed E-state index contributed by atoms with van der Waals surface area (Å²) in [5, 5.41) is 11.1. The van der Waals surface area contributed by atoms with Gasteiger partial charge >= 0.3 is 0 Å². The third-order valence-electron chi connectivity index (χ3n) is 4.57. The van der Waals surface area contributed by atoms with Gasteiger partial charge in [-0.3, -0.25) is 0 Å². The minimum absolute atomic E-state index is 0.645. The molecule has 0 spiro atoms. The standard InChI is InChI=1S/C18H28O2/c1-13(2)10-15-6-5-9-18(19,12-15)17-8-7-16(20-4)11-14(17)3/h7-8,11,13,15,19H,5-6,9-10,12H2,1-4H3. The molecule has 0 aromatic heterocycles. The smallest absolute Gasteiger partial charge is 0.119 e. The zero-order valence-electron chi connectivity index (χ0n) is 13.3. The number of rotatable bonds is 4. The molecule has 2 heteroatoms. The Morgan fingerprint density at radius 2 is 2.15 bits per heavy atom. The SMILES string of the molecule is COc1ccc(C2(O)CCCC(CC(C)C)C2)c(C)c1. The first-order valence-electron chi connectivity index (χ1n) is 7.82. The van der Waals surface area contributed by atoms with Gasteiger partial charge in [-0.2, -0.15) is 0 Å². The topological polar surface area (TPSA) is 29.5 Å². The van der Waals surface area contributed by atoms with E-state index in [9.17, 15) is 5.11 Å². The molecule has 1 aliphatic carbocycles. The minimum atomic E-state index is -0.645. The van der Waals surface area contributed by atoms with Gasteiger partial charge in [-0.25, -0.2) is 0 Å². The van der Waals surface area contributed by atoms with Crippen molar-refractivity contribution in [3.8, 4) is 5.75 Å². The predicted octanol–water partition coefficient (Wildman–Crippen LogP) is 4.43. The van der Waals surface area contributed by atoms with Crippen molar-refractivity contribution in [2.24, 2.45) is 11.8 Å². The Morgan fingerprint density at radius 1 is 1.40 bits per heavy atom. The van der Waals surface area contributed by atoms with E-state index in [4.69, 9.17) is 4.74 Å². The maximum atomic E-state index is 11.1. The third-order valence-corrected chi connectivity index (χ3v) is 4.57. The Balaban J connectivity index is 2.21. The van der Waals surface area contributed by atoms with Crippen LogP contribution in [-0.2, 0) is 5.60 Å². The number of benzene rings is 1. The first-order chi connectivity index (χ1) is 9.44. The summed E-state index contributed by atoms with van der Waals surface area (Å²) < 4.78 is 5.26. The lowest BCUT2D eigenvalue weighted by Gasteiger charge is -2.38. The van der Waals surface area contributed by atoms with E-state index >= 15 is 0 Å². The summed E-state index contributed by atoms with van der Waals surface area (Å²) in [6, 6.07) is 6.04. The Hall–Kier alpha value is -1.02. The molecule has 0 bridgehead atoms. The van der Waals surface area contributed by atoms with E-state index in [0.717, 1.165) is 36.1 Å². The number of aryl methyl sites for hydroxylation is 1. The van der Waals surface area contributed by atoms with E-state index in [1.807, 2.05) is 18.2 Å². The van der Waals surface area contributed by atoms with Crippen molar-refractivity contribution in [1.82, 2.24) is 0 Å². The fourth-order valence-corrected chi connectivity index (χ4v) is 3.76. The molecule has 0 amide bonds. The molecule has 0 saturated heterocycles. The molecule has 2 rings (SSSR count). The first-order valence-corrected chi connectivity index (χ1v) is 7.82. The molecule has 0 heterocycles. The van der Waals surface area contributed by atoms with E-state index in [2.05, 4.69) is 20.8 Å². The van der Waals surface area contributed by atoms with Gasteiger partial charge in [-0.05, 0) is 67.7 Å². The fourth-order valence-electron chi connectivity index (χ4n) is 3.76. The number of hydrogen-bond donors (Lipinski definition) is 1. The molecule has 20 heavy (non-hydrogen) atoms. The second-order valence-electron chi connectivity index (χ2n) is 6.80. The fraction of sp³-hybridized carbons (Fsp3) is 0.667. The quantitative estimate of drug-likeness (QED) is 0.881. The highest BCUT2D eigenvalue weighted by Gasteiger charge is 2.36. The van der Waals surface area contributed by atoms with Crippen molar-refractivity contribution in [2.75, 3.05) is 7.11 Å². The predicted molar refractivity (Wildman–Crippen MR) is 83.0 cm³/mol. The van der Waals surface area contributed by atoms with Crippen molar-refractivity contribution in [3.63, 3.8) is 0 Å². The molecule has 1 fully saturated rings. The Labute approximate surface area is 123 Å². The summed E-state index contributed by atoms with van der Waals surface area (Å²) >= 11 is 0. The van der Waals surface area contributed by atoms with Crippen LogP contribution in [0.1, 0.15) is 57.1 Å². The molecule has 1 saturated carbocycles. The van der Waals surface area contributed by atoms with Crippen molar-refractivity contribution < 1.29 is 9.84 Å². The zero-order valence-corrected chi connectivity index (χ0v) is 13.3. The zero-order chi connectivity index (χ0) is 14.8. The van der Waals surface area contributed by atoms with E-state index < -0.39 is 5.60 Å². The van der Waals surface area contributed by atoms with E-state index in [0.29, 0.717) is 11.8 Å². The lowest BCUT2D eigenvalue weighted by atomic mass is 9.71. The van der Waals surface area contributed by atoms with Crippen LogP contribution in [-0.4, -0.2) is 12.2 Å². The minimum Gasteiger partial charge on any atom is -0.497 e. The third kappa shape index (κ3) is 3.35. The Kier molecular flexibility index (Phi) is 4.74. The molecule has 2 nitrogen and oxygen atoms in total. The van der Waals surface area contributed by atoms with Crippen molar-refractivity contribution in [2.45, 2.75) is 58.5 Å². The largest absolute Gasteiger partial charge is 0.497 e. The highest BCUT2D eigenvalue weighted by molar-refractivity contribution is 5.38. The van der Waals surface area contributed by atoms with Gasteiger partial charge < -0.3 is 9.84 Å². The molecular weight excluding hydrogens is 248 g/mol. The summed E-state index contributed by atoms with van der Waals surface area (Å²) in [6.45, 7) is 6.61. The van der Waals surface area contributed by atoms with Gasteiger partial charge in [0, 0.05) is 0 Å². The number of methoxy groups -OCH3 is 1. The number of aliphatic hydroxyl groups is 1. The monoisotopic (exact) mass is 276 g/mol. The van der Waals surface area contributed by atoms with Crippen LogP contribution in [0.5, 0.6) is 5.75 Å². The van der Waals surface area contributed by atoms with Crippen molar-refractivity contribution in [3.05, 3.63) is 29.3 Å². The molecule has 1 aromatic rings. The molecule has 1 aromatic carbocycles. The number of hydrogen-bond acceptors (Lipinski definition) is 2. The number of ether oxygens (including phenoxy) is 1. The Bertz CT molecular complexity index is 453. The Morgan fingerprint density at radius 3 is 2.75 bits per heavy atom. The highest BCUT2D eigenvalue weighted by atomic mass is 16.5. The summed E-state index contributed by atoms with van der Waals surface area (Å²) in [6.07, 6.45) is 5.39. The van der Waals surface area contributed by atoms with E-state index in [-0.39, 0.29) is 0 Å². The van der Waals surface area contributed by atoms with Gasteiger partial charge in [-0.1, -0.05) is 26.3 Å². The van der Waals surface area contributed by atoms with Crippen molar-refractivity contribution >= 4 is 0 Å². The summed E-state index contributed by atoms with van der Waals surface area (Å²) in [4.78, 5) is 0. The maximum absolute atomic E-state index is 11.1. The highest BCUT2D eigenvalue weighted by Crippen LogP contribution is 2.43. The maximum Gasteiger partial charge on any atom is 0.119 e. The molecule has 2 atom stereocenters. The molecule has 112 valence electrons. The van der Waals surface area contributed by atoms with Gasteiger partial charge in [0.2, 0.25) is 0 Å². The molecular formula is C18H28O2. The van der Waals surface area contributed by atoms with Crippen LogP contribution >= 0.6 is 0 Å². The van der Waals surface area contributed by atoms with Gasteiger partial charge in [0.05, 0.1) is 12.7 Å². The van der Waals surface area contributed by atoms with Crippen LogP contribution in [0.4, 0.5) is 0 Å². The van der Waals surface area contributed by atoms with Crippen LogP contribution in [0.25, 0.3) is 0 Å². The van der Waals surface area contributed by atoms with Crippen LogP contribution < -0.4 is 4.74 Å². The van der Waals surface area contributed by atoms with Crippen LogP contribution in [0.15, 0.2) is 18.2 Å². The normalized spacial score (nSPS) is 26.8. The summed E-state index contributed by atoms with van der Waals surface area (Å²) in [7, 11) is 1.68. The average molecular weight is 276 g/mol. The van der Waals surface area contributed by atoms with Crippen LogP contribution in [0, 0.1) is 18.8 Å². The van der Waals surface area contributed by atoms with Crippen LogP contribution in [0.3, 0.4) is 0 Å². The van der Waals surface area contributed by atoms with Gasteiger partial charge in [-0.15, -0.1) is 0 Å². The molecule has 1 aliphatic rings. The van der Waals surface area contributed by atoms with E-state index in [1.54, 1.807) is 7.11 Å². The summed E-state index contributed by atoms with van der Waals surface area (Å²) in [5.41, 5.74) is 1.58. The molecule has 0 aliphatic heterocycles. The van der Waals surface area contributed by atoms with Gasteiger partial charge in [0.1, 0.15) is 5.75 Å². The first kappa shape index (κ1) is 15.4. The second-order valence-corrected chi connectivity index (χ2v) is 6.80. The average Bonchev–Trinajstić information content (AvgIpc) is 2.37. The van der Waals surface area contributed by atoms with Gasteiger partial charge in [0.15, 0.2) is 0 Å². The molecule has 1 N–H and O–H groups in total. The second kappa shape index (κ2) is 6.17. The van der Waals surface area contributed by atoms with Gasteiger partial charge in [0.25, 0.3) is 0 Å². The van der Waals surface area contributed by atoms with Crippen LogP contribution in [0.2, 0.25) is 0 Å². The van der Waals surface area contributed by atoms with E-state index in [1.165, 1.54) is 12.8 Å². The molecule has 2 unspecified atom stereocenters. The lowest BCUT2D eigenvalue weighted by Crippen LogP contribution is -2.33. The molecule has 0 radical (unpaired) electrons. The lowest BCUT2D eigenvalue weighted by molar-refractivity contribution is -0.0249. The summed E-state index contributed by atoms with van der Waals surface area (Å²) in [5.74, 6) is 2.22. The van der Waals surface area contributed by atoms with Crippen molar-refractivity contribution in [1.29, 1.82) is 0 Å².